The molecule has 0 bridgehead atoms. The molecule has 0 saturated carbocycles. The fraction of sp³-hybridized carbons (Fsp3) is 0.412. The van der Waals surface area contributed by atoms with Gasteiger partial charge in [0.1, 0.15) is 0 Å². The predicted molar refractivity (Wildman–Crippen MR) is 83.6 cm³/mol. The van der Waals surface area contributed by atoms with Gasteiger partial charge in [-0.1, -0.05) is 6.07 Å². The summed E-state index contributed by atoms with van der Waals surface area (Å²) in [5.41, 5.74) is 2.26. The fourth-order valence-electron chi connectivity index (χ4n) is 3.04. The molecule has 22 heavy (non-hydrogen) atoms. The summed E-state index contributed by atoms with van der Waals surface area (Å²) in [5, 5.41) is 10.1. The summed E-state index contributed by atoms with van der Waals surface area (Å²) in [6.45, 7) is 1.12. The number of carbonyl (C=O) groups excluding carboxylic acids is 1. The Kier molecular flexibility index (Phi) is 4.13. The van der Waals surface area contributed by atoms with Crippen molar-refractivity contribution in [2.75, 3.05) is 13.1 Å². The van der Waals surface area contributed by atoms with Crippen LogP contribution in [-0.2, 0) is 16.0 Å². The molecule has 2 heterocycles. The molecule has 0 spiro atoms. The summed E-state index contributed by atoms with van der Waals surface area (Å²) in [5.74, 6) is -0.912. The van der Waals surface area contributed by atoms with Crippen LogP contribution in [0.5, 0.6) is 0 Å². The standard InChI is InChI=1S/C17H20N2O3/c20-16(19-9-6-13(7-10-19)17(21)22)4-2-12-1-3-15-14(11-12)5-8-18-15/h1,3,5,8,11,13,18H,2,4,6-7,9-10H2,(H,21,22). The molecule has 5 nitrogen and oxygen atoms in total. The number of benzene rings is 1. The minimum absolute atomic E-state index is 0.123. The number of aliphatic carboxylic acids is 1. The van der Waals surface area contributed by atoms with Crippen LogP contribution in [-0.4, -0.2) is 40.0 Å². The van der Waals surface area contributed by atoms with Crippen LogP contribution >= 0.6 is 0 Å². The van der Waals surface area contributed by atoms with Crippen LogP contribution < -0.4 is 0 Å². The van der Waals surface area contributed by atoms with E-state index in [9.17, 15) is 9.59 Å². The van der Waals surface area contributed by atoms with Gasteiger partial charge in [0.2, 0.25) is 5.91 Å². The second-order valence-corrected chi connectivity index (χ2v) is 5.89. The van der Waals surface area contributed by atoms with Crippen molar-refractivity contribution in [3.8, 4) is 0 Å². The zero-order chi connectivity index (χ0) is 15.5. The molecule has 0 unspecified atom stereocenters. The molecular formula is C17H20N2O3. The number of nitrogens with zero attached hydrogens (tertiary/aromatic N) is 1. The molecule has 2 N–H and O–H groups in total. The Bertz CT molecular complexity index is 684. The van der Waals surface area contributed by atoms with Gasteiger partial charge in [0.25, 0.3) is 0 Å². The number of hydrogen-bond acceptors (Lipinski definition) is 2. The van der Waals surface area contributed by atoms with Crippen molar-refractivity contribution >= 4 is 22.8 Å². The minimum Gasteiger partial charge on any atom is -0.481 e. The molecule has 0 atom stereocenters. The Morgan fingerprint density at radius 2 is 2.00 bits per heavy atom. The van der Waals surface area contributed by atoms with Gasteiger partial charge in [-0.2, -0.15) is 0 Å². The quantitative estimate of drug-likeness (QED) is 0.910. The number of H-pyrrole nitrogens is 1. The maximum atomic E-state index is 12.2. The van der Waals surface area contributed by atoms with Crippen molar-refractivity contribution in [3.05, 3.63) is 36.0 Å². The number of carboxylic acid groups (broad SMARTS) is 1. The van der Waals surface area contributed by atoms with Crippen LogP contribution in [0.2, 0.25) is 0 Å². The highest BCUT2D eigenvalue weighted by Gasteiger charge is 2.26. The predicted octanol–water partition coefficient (Wildman–Crippen LogP) is 2.42. The second kappa shape index (κ2) is 6.22. The van der Waals surface area contributed by atoms with Crippen LogP contribution in [0.3, 0.4) is 0 Å². The first-order valence-electron chi connectivity index (χ1n) is 7.70. The van der Waals surface area contributed by atoms with Gasteiger partial charge < -0.3 is 15.0 Å². The normalized spacial score (nSPS) is 16.1. The van der Waals surface area contributed by atoms with Gasteiger partial charge in [0.15, 0.2) is 0 Å². The molecule has 5 heteroatoms. The molecule has 1 amide bonds. The Morgan fingerprint density at radius 1 is 1.23 bits per heavy atom. The number of nitrogens with one attached hydrogen (secondary N) is 1. The Hall–Kier alpha value is -2.30. The lowest BCUT2D eigenvalue weighted by atomic mass is 9.96. The van der Waals surface area contributed by atoms with E-state index < -0.39 is 5.97 Å². The lowest BCUT2D eigenvalue weighted by Crippen LogP contribution is -2.40. The van der Waals surface area contributed by atoms with E-state index in [2.05, 4.69) is 11.1 Å². The third kappa shape index (κ3) is 3.13. The number of hydrogen-bond donors (Lipinski definition) is 2. The van der Waals surface area contributed by atoms with E-state index in [1.807, 2.05) is 24.4 Å². The van der Waals surface area contributed by atoms with Crippen LogP contribution in [0.15, 0.2) is 30.5 Å². The van der Waals surface area contributed by atoms with Crippen LogP contribution in [0.4, 0.5) is 0 Å². The molecule has 1 saturated heterocycles. The molecule has 2 aromatic rings. The SMILES string of the molecule is O=C(O)C1CCN(C(=O)CCc2ccc3[nH]ccc3c2)CC1. The van der Waals surface area contributed by atoms with Crippen LogP contribution in [0.1, 0.15) is 24.8 Å². The van der Waals surface area contributed by atoms with Crippen molar-refractivity contribution in [1.29, 1.82) is 0 Å². The third-order valence-corrected chi connectivity index (χ3v) is 4.44. The smallest absolute Gasteiger partial charge is 0.306 e. The van der Waals surface area contributed by atoms with E-state index >= 15 is 0 Å². The van der Waals surface area contributed by atoms with E-state index in [4.69, 9.17) is 5.11 Å². The maximum Gasteiger partial charge on any atom is 0.306 e. The summed E-state index contributed by atoms with van der Waals surface area (Å²) in [6, 6.07) is 8.21. The first-order chi connectivity index (χ1) is 10.6. The highest BCUT2D eigenvalue weighted by molar-refractivity contribution is 5.80. The number of carboxylic acids is 1. The fourth-order valence-corrected chi connectivity index (χ4v) is 3.04. The minimum atomic E-state index is -0.744. The van der Waals surface area contributed by atoms with Crippen molar-refractivity contribution in [2.24, 2.45) is 5.92 Å². The van der Waals surface area contributed by atoms with Crippen molar-refractivity contribution in [3.63, 3.8) is 0 Å². The first kappa shape index (κ1) is 14.6. The highest BCUT2D eigenvalue weighted by Crippen LogP contribution is 2.19. The summed E-state index contributed by atoms with van der Waals surface area (Å²) >= 11 is 0. The van der Waals surface area contributed by atoms with Gasteiger partial charge in [0, 0.05) is 31.2 Å². The second-order valence-electron chi connectivity index (χ2n) is 5.89. The molecule has 0 aliphatic carbocycles. The monoisotopic (exact) mass is 300 g/mol. The van der Waals surface area contributed by atoms with Crippen molar-refractivity contribution in [2.45, 2.75) is 25.7 Å². The van der Waals surface area contributed by atoms with Gasteiger partial charge in [-0.15, -0.1) is 0 Å². The zero-order valence-electron chi connectivity index (χ0n) is 12.4. The van der Waals surface area contributed by atoms with Gasteiger partial charge in [-0.25, -0.2) is 0 Å². The van der Waals surface area contributed by atoms with Crippen molar-refractivity contribution < 1.29 is 14.7 Å². The molecule has 3 rings (SSSR count). The summed E-state index contributed by atoms with van der Waals surface area (Å²) in [4.78, 5) is 28.1. The van der Waals surface area contributed by atoms with Gasteiger partial charge in [0.05, 0.1) is 5.92 Å². The number of likely N-dealkylation sites (tertiary alicyclic amines) is 1. The van der Waals surface area contributed by atoms with E-state index in [-0.39, 0.29) is 11.8 Å². The average Bonchev–Trinajstić information content (AvgIpc) is 3.00. The number of piperidine rings is 1. The Labute approximate surface area is 128 Å². The van der Waals surface area contributed by atoms with E-state index in [0.29, 0.717) is 32.4 Å². The average molecular weight is 300 g/mol. The van der Waals surface area contributed by atoms with E-state index in [1.165, 1.54) is 0 Å². The Morgan fingerprint density at radius 3 is 2.73 bits per heavy atom. The summed E-state index contributed by atoms with van der Waals surface area (Å²) in [7, 11) is 0. The number of aryl methyl sites for hydroxylation is 1. The molecule has 116 valence electrons. The number of carbonyl (C=O) groups is 2. The lowest BCUT2D eigenvalue weighted by molar-refractivity contribution is -0.145. The molecule has 1 aliphatic rings. The molecule has 0 radical (unpaired) electrons. The van der Waals surface area contributed by atoms with E-state index in [1.54, 1.807) is 4.90 Å². The number of aromatic amines is 1. The van der Waals surface area contributed by atoms with Crippen molar-refractivity contribution in [1.82, 2.24) is 9.88 Å². The molecule has 1 aromatic heterocycles. The van der Waals surface area contributed by atoms with E-state index in [0.717, 1.165) is 22.9 Å². The van der Waals surface area contributed by atoms with Gasteiger partial charge >= 0.3 is 5.97 Å². The number of amides is 1. The highest BCUT2D eigenvalue weighted by atomic mass is 16.4. The molecular weight excluding hydrogens is 280 g/mol. The maximum absolute atomic E-state index is 12.2. The molecule has 1 aromatic carbocycles. The zero-order valence-corrected chi connectivity index (χ0v) is 12.4. The third-order valence-electron chi connectivity index (χ3n) is 4.44. The lowest BCUT2D eigenvalue weighted by Gasteiger charge is -2.30. The summed E-state index contributed by atoms with van der Waals surface area (Å²) in [6.07, 6.45) is 4.24. The number of fused-ring (bicyclic) bond motifs is 1. The molecule has 1 fully saturated rings. The first-order valence-corrected chi connectivity index (χ1v) is 7.70. The van der Waals surface area contributed by atoms with Gasteiger partial charge in [-0.3, -0.25) is 9.59 Å². The Balaban J connectivity index is 1.53. The van der Waals surface area contributed by atoms with Crippen LogP contribution in [0.25, 0.3) is 10.9 Å². The van der Waals surface area contributed by atoms with Crippen LogP contribution in [0, 0.1) is 5.92 Å². The molecule has 1 aliphatic heterocycles. The number of rotatable bonds is 4. The van der Waals surface area contributed by atoms with Gasteiger partial charge in [-0.05, 0) is 48.4 Å². The largest absolute Gasteiger partial charge is 0.481 e. The summed E-state index contributed by atoms with van der Waals surface area (Å²) < 4.78 is 0. The number of aromatic nitrogens is 1. The topological polar surface area (TPSA) is 73.4 Å².